The van der Waals surface area contributed by atoms with Crippen molar-refractivity contribution in [3.05, 3.63) is 57.3 Å². The fraction of sp³-hybridized carbons (Fsp3) is 0.389. The van der Waals surface area contributed by atoms with Gasteiger partial charge in [-0.2, -0.15) is 0 Å². The molecule has 0 bridgehead atoms. The highest BCUT2D eigenvalue weighted by atomic mass is 32.1. The van der Waals surface area contributed by atoms with E-state index in [1.807, 2.05) is 19.1 Å². The summed E-state index contributed by atoms with van der Waals surface area (Å²) in [5, 5.41) is 3.08. The number of carbonyl (C=O) groups excluding carboxylic acids is 1. The van der Waals surface area contributed by atoms with Gasteiger partial charge in [-0.15, -0.1) is 11.3 Å². The first-order chi connectivity index (χ1) is 11.5. The van der Waals surface area contributed by atoms with Gasteiger partial charge >= 0.3 is 0 Å². The molecule has 0 radical (unpaired) electrons. The Bertz CT molecular complexity index is 724. The van der Waals surface area contributed by atoms with Crippen LogP contribution in [0.2, 0.25) is 0 Å². The molecule has 6 heteroatoms. The van der Waals surface area contributed by atoms with Gasteiger partial charge in [0.1, 0.15) is 0 Å². The minimum Gasteiger partial charge on any atom is -0.349 e. The average Bonchev–Trinajstić information content (AvgIpc) is 2.99. The highest BCUT2D eigenvalue weighted by Gasteiger charge is 2.22. The lowest BCUT2D eigenvalue weighted by Crippen LogP contribution is -2.44. The van der Waals surface area contributed by atoms with Crippen LogP contribution in [0.25, 0.3) is 0 Å². The summed E-state index contributed by atoms with van der Waals surface area (Å²) in [7, 11) is 0. The van der Waals surface area contributed by atoms with E-state index in [-0.39, 0.29) is 11.9 Å². The van der Waals surface area contributed by atoms with Crippen LogP contribution in [-0.2, 0) is 6.54 Å². The molecule has 1 aliphatic heterocycles. The molecule has 1 amide bonds. The molecule has 1 fully saturated rings. The van der Waals surface area contributed by atoms with E-state index < -0.39 is 11.6 Å². The molecule has 1 saturated heterocycles. The number of rotatable bonds is 4. The van der Waals surface area contributed by atoms with Crippen molar-refractivity contribution in [1.29, 1.82) is 0 Å². The van der Waals surface area contributed by atoms with Gasteiger partial charge in [0.15, 0.2) is 11.6 Å². The van der Waals surface area contributed by atoms with Crippen molar-refractivity contribution in [3.63, 3.8) is 0 Å². The normalized spacial score (nSPS) is 16.3. The minimum atomic E-state index is -0.816. The van der Waals surface area contributed by atoms with Gasteiger partial charge < -0.3 is 5.32 Å². The van der Waals surface area contributed by atoms with Crippen molar-refractivity contribution in [1.82, 2.24) is 10.2 Å². The van der Waals surface area contributed by atoms with E-state index in [0.29, 0.717) is 6.54 Å². The third-order valence-electron chi connectivity index (χ3n) is 4.28. The molecule has 1 aliphatic rings. The summed E-state index contributed by atoms with van der Waals surface area (Å²) in [5.41, 5.74) is 0.769. The van der Waals surface area contributed by atoms with E-state index in [4.69, 9.17) is 0 Å². The number of halogens is 2. The summed E-state index contributed by atoms with van der Waals surface area (Å²) in [6.45, 7) is 4.24. The second kappa shape index (κ2) is 7.40. The third-order valence-corrected chi connectivity index (χ3v) is 5.28. The maximum atomic E-state index is 13.3. The molecule has 0 unspecified atom stereocenters. The van der Waals surface area contributed by atoms with Crippen LogP contribution in [0.1, 0.15) is 33.0 Å². The molecule has 1 aromatic carbocycles. The fourth-order valence-corrected chi connectivity index (χ4v) is 3.72. The van der Waals surface area contributed by atoms with Gasteiger partial charge in [0.05, 0.1) is 4.88 Å². The van der Waals surface area contributed by atoms with Gasteiger partial charge in [0.25, 0.3) is 5.91 Å². The Hall–Kier alpha value is -1.79. The zero-order valence-electron chi connectivity index (χ0n) is 13.5. The molecule has 24 heavy (non-hydrogen) atoms. The van der Waals surface area contributed by atoms with E-state index in [2.05, 4.69) is 10.2 Å². The summed E-state index contributed by atoms with van der Waals surface area (Å²) in [5.74, 6) is -1.63. The Labute approximate surface area is 144 Å². The molecule has 3 nitrogen and oxygen atoms in total. The first-order valence-electron chi connectivity index (χ1n) is 8.05. The molecule has 1 aromatic heterocycles. The van der Waals surface area contributed by atoms with Crippen molar-refractivity contribution < 1.29 is 13.6 Å². The number of piperidine rings is 1. The average molecular weight is 350 g/mol. The number of amides is 1. The number of benzene rings is 1. The number of thiophene rings is 1. The van der Waals surface area contributed by atoms with E-state index in [1.165, 1.54) is 23.5 Å². The summed E-state index contributed by atoms with van der Waals surface area (Å²) in [4.78, 5) is 16.2. The zero-order valence-corrected chi connectivity index (χ0v) is 14.3. The molecular formula is C18H20F2N2OS. The minimum absolute atomic E-state index is 0.00726. The number of hydrogen-bond donors (Lipinski definition) is 1. The van der Waals surface area contributed by atoms with Gasteiger partial charge in [-0.05, 0) is 49.6 Å². The monoisotopic (exact) mass is 350 g/mol. The van der Waals surface area contributed by atoms with Crippen molar-refractivity contribution >= 4 is 17.2 Å². The second-order valence-corrected chi connectivity index (χ2v) is 7.47. The van der Waals surface area contributed by atoms with Crippen LogP contribution in [-0.4, -0.2) is 29.9 Å². The van der Waals surface area contributed by atoms with Crippen LogP contribution in [0.15, 0.2) is 30.3 Å². The molecule has 0 atom stereocenters. The Morgan fingerprint density at radius 2 is 1.96 bits per heavy atom. The lowest BCUT2D eigenvalue weighted by molar-refractivity contribution is 0.0913. The van der Waals surface area contributed by atoms with Crippen molar-refractivity contribution in [2.75, 3.05) is 13.1 Å². The summed E-state index contributed by atoms with van der Waals surface area (Å²) < 4.78 is 26.2. The lowest BCUT2D eigenvalue weighted by Gasteiger charge is -2.32. The highest BCUT2D eigenvalue weighted by molar-refractivity contribution is 7.13. The Morgan fingerprint density at radius 3 is 2.58 bits per heavy atom. The molecule has 1 N–H and O–H groups in total. The number of nitrogens with zero attached hydrogens (tertiary/aromatic N) is 1. The molecule has 0 spiro atoms. The first-order valence-corrected chi connectivity index (χ1v) is 8.86. The Morgan fingerprint density at radius 1 is 1.21 bits per heavy atom. The summed E-state index contributed by atoms with van der Waals surface area (Å²) >= 11 is 1.50. The number of nitrogens with one attached hydrogen (secondary N) is 1. The molecular weight excluding hydrogens is 330 g/mol. The third kappa shape index (κ3) is 4.19. The SMILES string of the molecule is Cc1ccc(C(=O)NC2CCN(Cc3ccc(F)c(F)c3)CC2)s1. The van der Waals surface area contributed by atoms with E-state index in [9.17, 15) is 13.6 Å². The Kier molecular flexibility index (Phi) is 5.26. The molecule has 0 saturated carbocycles. The van der Waals surface area contributed by atoms with E-state index in [1.54, 1.807) is 6.07 Å². The molecule has 2 aromatic rings. The predicted octanol–water partition coefficient (Wildman–Crippen LogP) is 3.73. The highest BCUT2D eigenvalue weighted by Crippen LogP contribution is 2.18. The van der Waals surface area contributed by atoms with Gasteiger partial charge in [-0.3, -0.25) is 9.69 Å². The first kappa shape index (κ1) is 17.0. The summed E-state index contributed by atoms with van der Waals surface area (Å²) in [6.07, 6.45) is 1.72. The molecule has 128 valence electrons. The maximum absolute atomic E-state index is 13.3. The van der Waals surface area contributed by atoms with Crippen LogP contribution in [0.4, 0.5) is 8.78 Å². The summed E-state index contributed by atoms with van der Waals surface area (Å²) in [6, 6.07) is 8.01. The van der Waals surface area contributed by atoms with Crippen LogP contribution in [0.5, 0.6) is 0 Å². The number of likely N-dealkylation sites (tertiary alicyclic amines) is 1. The van der Waals surface area contributed by atoms with Crippen LogP contribution in [0, 0.1) is 18.6 Å². The predicted molar refractivity (Wildman–Crippen MR) is 91.2 cm³/mol. The van der Waals surface area contributed by atoms with E-state index in [0.717, 1.165) is 41.2 Å². The van der Waals surface area contributed by atoms with Crippen molar-refractivity contribution in [2.24, 2.45) is 0 Å². The standard InChI is InChI=1S/C18H20F2N2OS/c1-12-2-5-17(24-12)18(23)21-14-6-8-22(9-7-14)11-13-3-4-15(19)16(20)10-13/h2-5,10,14H,6-9,11H2,1H3,(H,21,23). The quantitative estimate of drug-likeness (QED) is 0.911. The van der Waals surface area contributed by atoms with Crippen molar-refractivity contribution in [2.45, 2.75) is 32.4 Å². The van der Waals surface area contributed by atoms with Gasteiger partial charge in [-0.1, -0.05) is 6.07 Å². The molecule has 0 aliphatic carbocycles. The Balaban J connectivity index is 1.48. The van der Waals surface area contributed by atoms with E-state index >= 15 is 0 Å². The topological polar surface area (TPSA) is 32.3 Å². The van der Waals surface area contributed by atoms with Gasteiger partial charge in [0.2, 0.25) is 0 Å². The maximum Gasteiger partial charge on any atom is 0.261 e. The smallest absolute Gasteiger partial charge is 0.261 e. The van der Waals surface area contributed by atoms with Gasteiger partial charge in [-0.25, -0.2) is 8.78 Å². The zero-order chi connectivity index (χ0) is 17.1. The lowest BCUT2D eigenvalue weighted by atomic mass is 10.0. The molecule has 2 heterocycles. The fourth-order valence-electron chi connectivity index (χ4n) is 2.94. The number of hydrogen-bond acceptors (Lipinski definition) is 3. The largest absolute Gasteiger partial charge is 0.349 e. The van der Waals surface area contributed by atoms with Gasteiger partial charge in [0, 0.05) is 30.6 Å². The number of carbonyl (C=O) groups is 1. The van der Waals surface area contributed by atoms with Crippen molar-refractivity contribution in [3.8, 4) is 0 Å². The van der Waals surface area contributed by atoms with Crippen LogP contribution < -0.4 is 5.32 Å². The van der Waals surface area contributed by atoms with Crippen LogP contribution >= 0.6 is 11.3 Å². The molecule has 3 rings (SSSR count). The van der Waals surface area contributed by atoms with Crippen LogP contribution in [0.3, 0.4) is 0 Å². The second-order valence-electron chi connectivity index (χ2n) is 6.18. The number of aryl methyl sites for hydroxylation is 1.